The number of carbonyl (C=O) groups excluding carboxylic acids is 1. The van der Waals surface area contributed by atoms with Crippen LogP contribution in [0.4, 0.5) is 0 Å². The summed E-state index contributed by atoms with van der Waals surface area (Å²) in [6, 6.07) is 4.78. The average molecular weight is 249 g/mol. The molecule has 0 aromatic heterocycles. The topological polar surface area (TPSA) is 35.5 Å². The van der Waals surface area contributed by atoms with Crippen LogP contribution < -0.4 is 4.74 Å². The number of ether oxygens (including phenoxy) is 2. The maximum absolute atomic E-state index is 11.1. The zero-order valence-corrected chi connectivity index (χ0v) is 9.80. The minimum Gasteiger partial charge on any atom is -0.477 e. The smallest absolute Gasteiger partial charge is 0.346 e. The van der Waals surface area contributed by atoms with Gasteiger partial charge in [-0.1, -0.05) is 23.2 Å². The van der Waals surface area contributed by atoms with Crippen molar-refractivity contribution in [2.24, 2.45) is 0 Å². The molecule has 0 aliphatic heterocycles. The second-order valence-electron chi connectivity index (χ2n) is 2.86. The van der Waals surface area contributed by atoms with Crippen molar-refractivity contribution in [3.05, 3.63) is 28.2 Å². The van der Waals surface area contributed by atoms with E-state index in [4.69, 9.17) is 27.9 Å². The molecule has 0 unspecified atom stereocenters. The van der Waals surface area contributed by atoms with Crippen molar-refractivity contribution in [2.75, 3.05) is 7.11 Å². The Morgan fingerprint density at radius 2 is 2.07 bits per heavy atom. The highest BCUT2D eigenvalue weighted by Crippen LogP contribution is 2.28. The molecule has 0 N–H and O–H groups in total. The second kappa shape index (κ2) is 5.24. The zero-order valence-electron chi connectivity index (χ0n) is 8.29. The second-order valence-corrected chi connectivity index (χ2v) is 3.70. The molecule has 1 rings (SSSR count). The fourth-order valence-electron chi connectivity index (χ4n) is 0.972. The van der Waals surface area contributed by atoms with Crippen LogP contribution in [0.1, 0.15) is 6.92 Å². The number of rotatable bonds is 3. The molecular formula is C10H10Cl2O3. The van der Waals surface area contributed by atoms with Crippen molar-refractivity contribution in [1.82, 2.24) is 0 Å². The summed E-state index contributed by atoms with van der Waals surface area (Å²) in [4.78, 5) is 11.1. The number of benzene rings is 1. The van der Waals surface area contributed by atoms with Crippen LogP contribution in [0.5, 0.6) is 5.75 Å². The Labute approximate surface area is 97.9 Å². The lowest BCUT2D eigenvalue weighted by Gasteiger charge is -2.13. The van der Waals surface area contributed by atoms with Crippen LogP contribution in [0, 0.1) is 0 Å². The van der Waals surface area contributed by atoms with E-state index < -0.39 is 12.1 Å². The van der Waals surface area contributed by atoms with Crippen LogP contribution >= 0.6 is 23.2 Å². The summed E-state index contributed by atoms with van der Waals surface area (Å²) in [7, 11) is 1.29. The third-order valence-electron chi connectivity index (χ3n) is 1.73. The van der Waals surface area contributed by atoms with Crippen molar-refractivity contribution in [2.45, 2.75) is 13.0 Å². The molecular weight excluding hydrogens is 239 g/mol. The van der Waals surface area contributed by atoms with E-state index >= 15 is 0 Å². The van der Waals surface area contributed by atoms with Crippen LogP contribution in [0.3, 0.4) is 0 Å². The molecule has 3 nitrogen and oxygen atoms in total. The van der Waals surface area contributed by atoms with Gasteiger partial charge in [0.25, 0.3) is 0 Å². The minimum atomic E-state index is -0.717. The minimum absolute atomic E-state index is 0.363. The average Bonchev–Trinajstić information content (AvgIpc) is 2.22. The largest absolute Gasteiger partial charge is 0.477 e. The van der Waals surface area contributed by atoms with Crippen molar-refractivity contribution in [3.63, 3.8) is 0 Å². The summed E-state index contributed by atoms with van der Waals surface area (Å²) in [5, 5.41) is 0.890. The van der Waals surface area contributed by atoms with Crippen molar-refractivity contribution < 1.29 is 14.3 Å². The third-order valence-corrected chi connectivity index (χ3v) is 2.28. The van der Waals surface area contributed by atoms with Crippen molar-refractivity contribution in [1.29, 1.82) is 0 Å². The van der Waals surface area contributed by atoms with Gasteiger partial charge in [0.15, 0.2) is 6.10 Å². The van der Waals surface area contributed by atoms with Gasteiger partial charge in [0, 0.05) is 11.1 Å². The SMILES string of the molecule is COC(=O)[C@H](C)Oc1cc(Cl)ccc1Cl. The molecule has 1 aromatic rings. The van der Waals surface area contributed by atoms with Crippen LogP contribution in [-0.4, -0.2) is 19.2 Å². The molecule has 0 spiro atoms. The zero-order chi connectivity index (χ0) is 11.4. The van der Waals surface area contributed by atoms with Gasteiger partial charge >= 0.3 is 5.97 Å². The van der Waals surface area contributed by atoms with E-state index in [0.29, 0.717) is 15.8 Å². The molecule has 0 aliphatic rings. The highest BCUT2D eigenvalue weighted by molar-refractivity contribution is 6.34. The highest BCUT2D eigenvalue weighted by Gasteiger charge is 2.16. The molecule has 5 heteroatoms. The molecule has 0 saturated carbocycles. The first-order valence-electron chi connectivity index (χ1n) is 4.24. The summed E-state index contributed by atoms with van der Waals surface area (Å²) < 4.78 is 9.80. The van der Waals surface area contributed by atoms with Crippen molar-refractivity contribution in [3.8, 4) is 5.75 Å². The Bertz CT molecular complexity index is 366. The Morgan fingerprint density at radius 3 is 2.67 bits per heavy atom. The van der Waals surface area contributed by atoms with E-state index in [1.54, 1.807) is 25.1 Å². The van der Waals surface area contributed by atoms with Crippen LogP contribution in [0.2, 0.25) is 10.0 Å². The van der Waals surface area contributed by atoms with Crippen LogP contribution in [0.15, 0.2) is 18.2 Å². The maximum atomic E-state index is 11.1. The van der Waals surface area contributed by atoms with Gasteiger partial charge < -0.3 is 9.47 Å². The highest BCUT2D eigenvalue weighted by atomic mass is 35.5. The predicted octanol–water partition coefficient (Wildman–Crippen LogP) is 2.93. The van der Waals surface area contributed by atoms with Crippen molar-refractivity contribution >= 4 is 29.2 Å². The first-order chi connectivity index (χ1) is 7.04. The maximum Gasteiger partial charge on any atom is 0.346 e. The number of halogens is 2. The molecule has 82 valence electrons. The normalized spacial score (nSPS) is 12.0. The summed E-state index contributed by atoms with van der Waals surface area (Å²) >= 11 is 11.6. The number of esters is 1. The number of hydrogen-bond acceptors (Lipinski definition) is 3. The summed E-state index contributed by atoms with van der Waals surface area (Å²) in [6.07, 6.45) is -0.717. The van der Waals surface area contributed by atoms with Gasteiger partial charge in [-0.25, -0.2) is 4.79 Å². The molecule has 0 saturated heterocycles. The summed E-state index contributed by atoms with van der Waals surface area (Å²) in [5.74, 6) is -0.104. The predicted molar refractivity (Wildman–Crippen MR) is 58.6 cm³/mol. The summed E-state index contributed by atoms with van der Waals surface area (Å²) in [6.45, 7) is 1.57. The fourth-order valence-corrected chi connectivity index (χ4v) is 1.30. The Kier molecular flexibility index (Phi) is 4.24. The molecule has 0 fully saturated rings. The molecule has 0 radical (unpaired) electrons. The van der Waals surface area contributed by atoms with Gasteiger partial charge in [-0.05, 0) is 19.1 Å². The van der Waals surface area contributed by atoms with E-state index in [0.717, 1.165) is 0 Å². The standard InChI is InChI=1S/C10H10Cl2O3/c1-6(10(13)14-2)15-9-5-7(11)3-4-8(9)12/h3-6H,1-2H3/t6-/m0/s1. The molecule has 0 bridgehead atoms. The van der Waals surface area contributed by atoms with Crippen LogP contribution in [0.25, 0.3) is 0 Å². The van der Waals surface area contributed by atoms with Gasteiger partial charge in [-0.3, -0.25) is 0 Å². The first kappa shape index (κ1) is 12.1. The molecule has 1 atom stereocenters. The Balaban J connectivity index is 2.80. The fraction of sp³-hybridized carbons (Fsp3) is 0.300. The molecule has 0 heterocycles. The van der Waals surface area contributed by atoms with Crippen LogP contribution in [-0.2, 0) is 9.53 Å². The number of methoxy groups -OCH3 is 1. The van der Waals surface area contributed by atoms with Gasteiger partial charge in [0.1, 0.15) is 5.75 Å². The molecule has 15 heavy (non-hydrogen) atoms. The lowest BCUT2D eigenvalue weighted by atomic mass is 10.3. The Hall–Kier alpha value is -0.930. The summed E-state index contributed by atoms with van der Waals surface area (Å²) in [5.41, 5.74) is 0. The van der Waals surface area contributed by atoms with Gasteiger partial charge in [-0.15, -0.1) is 0 Å². The lowest BCUT2D eigenvalue weighted by Crippen LogP contribution is -2.24. The number of hydrogen-bond donors (Lipinski definition) is 0. The lowest BCUT2D eigenvalue weighted by molar-refractivity contribution is -0.147. The van der Waals surface area contributed by atoms with E-state index in [-0.39, 0.29) is 0 Å². The molecule has 0 aliphatic carbocycles. The van der Waals surface area contributed by atoms with E-state index in [1.165, 1.54) is 7.11 Å². The van der Waals surface area contributed by atoms with E-state index in [2.05, 4.69) is 4.74 Å². The quantitative estimate of drug-likeness (QED) is 0.772. The first-order valence-corrected chi connectivity index (χ1v) is 4.99. The van der Waals surface area contributed by atoms with Gasteiger partial charge in [-0.2, -0.15) is 0 Å². The molecule has 0 amide bonds. The number of carbonyl (C=O) groups is 1. The van der Waals surface area contributed by atoms with Gasteiger partial charge in [0.2, 0.25) is 0 Å². The third kappa shape index (κ3) is 3.29. The van der Waals surface area contributed by atoms with E-state index in [1.807, 2.05) is 0 Å². The monoisotopic (exact) mass is 248 g/mol. The molecule has 1 aromatic carbocycles. The van der Waals surface area contributed by atoms with Gasteiger partial charge in [0.05, 0.1) is 12.1 Å². The van der Waals surface area contributed by atoms with E-state index in [9.17, 15) is 4.79 Å². The Morgan fingerprint density at radius 1 is 1.40 bits per heavy atom.